The van der Waals surface area contributed by atoms with Gasteiger partial charge in [-0.15, -0.1) is 0 Å². The highest BCUT2D eigenvalue weighted by Gasteiger charge is 2.44. The van der Waals surface area contributed by atoms with Crippen molar-refractivity contribution in [1.29, 1.82) is 0 Å². The van der Waals surface area contributed by atoms with E-state index in [1.54, 1.807) is 0 Å². The SMILES string of the molecule is COP(=O)(O)OP(=O)(O)OP(=O)(O)OCC1O[C@@H](n2cc(C#CCN)c(N)nc2=O)C[C@H]1OCS. The van der Waals surface area contributed by atoms with Crippen molar-refractivity contribution < 1.29 is 55.5 Å². The third-order valence-electron chi connectivity index (χ3n) is 4.13. The third kappa shape index (κ3) is 9.04. The number of hydrogen-bond acceptors (Lipinski definition) is 14. The quantitative estimate of drug-likeness (QED) is 0.0849. The highest BCUT2D eigenvalue weighted by Crippen LogP contribution is 2.67. The molecule has 0 aliphatic carbocycles. The number of phosphoric acid groups is 3. The summed E-state index contributed by atoms with van der Waals surface area (Å²) in [6, 6.07) is 0. The largest absolute Gasteiger partial charge is 0.490 e. The Morgan fingerprint density at radius 3 is 2.51 bits per heavy atom. The van der Waals surface area contributed by atoms with E-state index in [4.69, 9.17) is 25.8 Å². The van der Waals surface area contributed by atoms with Gasteiger partial charge in [-0.3, -0.25) is 13.6 Å². The van der Waals surface area contributed by atoms with E-state index in [2.05, 4.69) is 47.1 Å². The summed E-state index contributed by atoms with van der Waals surface area (Å²) in [5.41, 5.74) is 10.5. The van der Waals surface area contributed by atoms with E-state index in [1.807, 2.05) is 0 Å². The molecule has 0 saturated carbocycles. The normalized spacial score (nSPS) is 25.1. The van der Waals surface area contributed by atoms with Crippen molar-refractivity contribution in [2.24, 2.45) is 5.73 Å². The zero-order valence-corrected chi connectivity index (χ0v) is 21.5. The molecule has 1 aliphatic heterocycles. The van der Waals surface area contributed by atoms with Crippen molar-refractivity contribution in [3.05, 3.63) is 22.2 Å². The standard InChI is InChI=1S/C14H23N4O13P3S/c1-26-32(20,21)30-34(24,25)31-33(22,23)28-7-11-10(27-8-35)5-12(29-11)18-6-9(3-2-4-15)13(16)17-14(18)19/h6,10-12,35H,4-5,7-8,15H2,1H3,(H,20,21)(H,22,23)(H,24,25)(H2,16,17,19)/t10-,11?,12-/m1/s1. The first-order chi connectivity index (χ1) is 16.2. The lowest BCUT2D eigenvalue weighted by atomic mass is 10.2. The molecule has 0 bridgehead atoms. The van der Waals surface area contributed by atoms with E-state index in [1.165, 1.54) is 6.20 Å². The zero-order valence-electron chi connectivity index (χ0n) is 17.9. The van der Waals surface area contributed by atoms with Crippen LogP contribution in [0.15, 0.2) is 11.0 Å². The number of thiol groups is 1. The van der Waals surface area contributed by atoms with Gasteiger partial charge in [-0.25, -0.2) is 18.5 Å². The molecule has 6 atom stereocenters. The first-order valence-corrected chi connectivity index (χ1v) is 14.4. The predicted molar refractivity (Wildman–Crippen MR) is 121 cm³/mol. The Bertz CT molecular complexity index is 1170. The van der Waals surface area contributed by atoms with E-state index in [0.29, 0.717) is 7.11 Å². The highest BCUT2D eigenvalue weighted by molar-refractivity contribution is 7.80. The number of phosphoric ester groups is 2. The van der Waals surface area contributed by atoms with Crippen LogP contribution in [0.3, 0.4) is 0 Å². The van der Waals surface area contributed by atoms with E-state index in [9.17, 15) is 28.3 Å². The second kappa shape index (κ2) is 12.4. The maximum atomic E-state index is 12.3. The number of rotatable bonds is 11. The van der Waals surface area contributed by atoms with Crippen LogP contribution in [0.25, 0.3) is 0 Å². The Hall–Kier alpha value is -1.12. The lowest BCUT2D eigenvalue weighted by Crippen LogP contribution is -2.29. The molecule has 0 amide bonds. The molecule has 7 N–H and O–H groups in total. The monoisotopic (exact) mass is 580 g/mol. The highest BCUT2D eigenvalue weighted by atomic mass is 32.1. The van der Waals surface area contributed by atoms with Crippen molar-refractivity contribution in [3.63, 3.8) is 0 Å². The van der Waals surface area contributed by atoms with Gasteiger partial charge in [-0.2, -0.15) is 26.2 Å². The maximum absolute atomic E-state index is 12.3. The van der Waals surface area contributed by atoms with Crippen molar-refractivity contribution >= 4 is 41.9 Å². The number of ether oxygens (including phenoxy) is 2. The van der Waals surface area contributed by atoms with Crippen molar-refractivity contribution in [1.82, 2.24) is 9.55 Å². The van der Waals surface area contributed by atoms with Crippen LogP contribution in [0.2, 0.25) is 0 Å². The number of nitrogens with two attached hydrogens (primary N) is 2. The molecule has 17 nitrogen and oxygen atoms in total. The van der Waals surface area contributed by atoms with E-state index < -0.39 is 54.2 Å². The molecule has 1 aliphatic rings. The molecule has 1 aromatic heterocycles. The molecule has 1 saturated heterocycles. The average Bonchev–Trinajstić information content (AvgIpc) is 3.13. The van der Waals surface area contributed by atoms with Crippen molar-refractivity contribution in [3.8, 4) is 11.8 Å². The molecule has 198 valence electrons. The Morgan fingerprint density at radius 2 is 1.91 bits per heavy atom. The fourth-order valence-electron chi connectivity index (χ4n) is 2.72. The lowest BCUT2D eigenvalue weighted by Gasteiger charge is -2.21. The predicted octanol–water partition coefficient (Wildman–Crippen LogP) is -0.307. The molecule has 1 fully saturated rings. The van der Waals surface area contributed by atoms with Crippen molar-refractivity contribution in [2.45, 2.75) is 24.9 Å². The number of anilines is 1. The van der Waals surface area contributed by atoms with Crippen molar-refractivity contribution in [2.75, 3.05) is 31.9 Å². The summed E-state index contributed by atoms with van der Waals surface area (Å²) in [5, 5.41) is 0. The maximum Gasteiger partial charge on any atom is 0.490 e. The van der Waals surface area contributed by atoms with Crippen LogP contribution in [0, 0.1) is 11.8 Å². The molecular weight excluding hydrogens is 557 g/mol. The number of hydrogen-bond donors (Lipinski definition) is 6. The van der Waals surface area contributed by atoms with E-state index in [-0.39, 0.29) is 30.3 Å². The molecule has 1 aromatic rings. The van der Waals surface area contributed by atoms with Gasteiger partial charge in [-0.1, -0.05) is 11.8 Å². The molecular formula is C14H23N4O13P3S. The molecule has 2 heterocycles. The molecule has 0 radical (unpaired) electrons. The molecule has 4 unspecified atom stereocenters. The van der Waals surface area contributed by atoms with Crippen LogP contribution in [-0.2, 0) is 40.8 Å². The summed E-state index contributed by atoms with van der Waals surface area (Å²) in [6.45, 7) is -0.715. The Balaban J connectivity index is 2.16. The molecule has 0 aromatic carbocycles. The third-order valence-corrected chi connectivity index (χ3v) is 8.52. The number of nitrogens with zero attached hydrogens (tertiary/aromatic N) is 2. The van der Waals surface area contributed by atoms with Gasteiger partial charge in [-0.05, 0) is 0 Å². The Morgan fingerprint density at radius 1 is 1.26 bits per heavy atom. The average molecular weight is 580 g/mol. The summed E-state index contributed by atoms with van der Waals surface area (Å²) in [6.07, 6.45) is -1.61. The van der Waals surface area contributed by atoms with Gasteiger partial charge >= 0.3 is 29.2 Å². The van der Waals surface area contributed by atoms with Gasteiger partial charge in [0, 0.05) is 19.7 Å². The van der Waals surface area contributed by atoms with Crippen LogP contribution in [0.4, 0.5) is 5.82 Å². The van der Waals surface area contributed by atoms with Gasteiger partial charge in [0.1, 0.15) is 18.1 Å². The summed E-state index contributed by atoms with van der Waals surface area (Å²) < 4.78 is 63.6. The van der Waals surface area contributed by atoms with Gasteiger partial charge in [0.15, 0.2) is 0 Å². The van der Waals surface area contributed by atoms with Gasteiger partial charge in [0.25, 0.3) is 0 Å². The second-order valence-corrected chi connectivity index (χ2v) is 11.5. The minimum atomic E-state index is -5.58. The minimum Gasteiger partial charge on any atom is -0.382 e. The fraction of sp³-hybridized carbons (Fsp3) is 0.571. The van der Waals surface area contributed by atoms with Crippen LogP contribution in [0.5, 0.6) is 0 Å². The first-order valence-electron chi connectivity index (χ1n) is 9.29. The molecule has 0 spiro atoms. The van der Waals surface area contributed by atoms with Crippen LogP contribution < -0.4 is 17.2 Å². The lowest BCUT2D eigenvalue weighted by molar-refractivity contribution is -0.0542. The van der Waals surface area contributed by atoms with Crippen LogP contribution in [-0.4, -0.2) is 62.6 Å². The summed E-state index contributed by atoms with van der Waals surface area (Å²) in [7, 11) is -15.3. The first kappa shape index (κ1) is 30.1. The van der Waals surface area contributed by atoms with Gasteiger partial charge in [0.05, 0.1) is 30.8 Å². The number of aromatic nitrogens is 2. The van der Waals surface area contributed by atoms with Gasteiger partial charge in [0.2, 0.25) is 0 Å². The topological polar surface area (TPSA) is 254 Å². The summed E-state index contributed by atoms with van der Waals surface area (Å²) in [5.74, 6) is 5.01. The second-order valence-electron chi connectivity index (χ2n) is 6.48. The molecule has 35 heavy (non-hydrogen) atoms. The summed E-state index contributed by atoms with van der Waals surface area (Å²) in [4.78, 5) is 44.3. The Labute approximate surface area is 203 Å². The fourth-order valence-corrected chi connectivity index (χ4v) is 6.18. The Kier molecular flexibility index (Phi) is 10.7. The van der Waals surface area contributed by atoms with Gasteiger partial charge < -0.3 is 35.6 Å². The minimum absolute atomic E-state index is 0.0313. The van der Waals surface area contributed by atoms with Crippen LogP contribution in [0.1, 0.15) is 18.2 Å². The van der Waals surface area contributed by atoms with Crippen LogP contribution >= 0.6 is 36.1 Å². The smallest absolute Gasteiger partial charge is 0.382 e. The number of nitrogen functional groups attached to an aromatic ring is 1. The van der Waals surface area contributed by atoms with E-state index >= 15 is 0 Å². The summed E-state index contributed by atoms with van der Waals surface area (Å²) >= 11 is 3.95. The zero-order chi connectivity index (χ0) is 26.4. The van der Waals surface area contributed by atoms with E-state index in [0.717, 1.165) is 4.57 Å². The molecule has 2 rings (SSSR count). The molecule has 21 heteroatoms.